The SMILES string of the molecule is CON(C)S(=O)(=O)c1cccc(C(=O)O[C@H]2CCCCC2=O)c1. The fraction of sp³-hybridized carbons (Fsp3) is 0.467. The van der Waals surface area contributed by atoms with Crippen LogP contribution in [0.4, 0.5) is 0 Å². The topological polar surface area (TPSA) is 90.0 Å². The molecule has 1 aliphatic carbocycles. The van der Waals surface area contributed by atoms with Crippen molar-refractivity contribution in [3.8, 4) is 0 Å². The second-order valence-corrected chi connectivity index (χ2v) is 7.17. The Morgan fingerprint density at radius 3 is 2.70 bits per heavy atom. The molecule has 2 rings (SSSR count). The summed E-state index contributed by atoms with van der Waals surface area (Å²) in [6.45, 7) is 0. The van der Waals surface area contributed by atoms with Crippen LogP contribution < -0.4 is 0 Å². The lowest BCUT2D eigenvalue weighted by molar-refractivity contribution is -0.129. The molecule has 0 aliphatic heterocycles. The number of hydrogen-bond donors (Lipinski definition) is 0. The van der Waals surface area contributed by atoms with Gasteiger partial charge in [0, 0.05) is 13.5 Å². The largest absolute Gasteiger partial charge is 0.451 e. The Morgan fingerprint density at radius 2 is 2.04 bits per heavy atom. The average molecular weight is 341 g/mol. The van der Waals surface area contributed by atoms with Crippen LogP contribution in [0.15, 0.2) is 29.2 Å². The number of Topliss-reactive ketones (excluding diaryl/α,β-unsaturated/α-hetero) is 1. The molecule has 0 N–H and O–H groups in total. The smallest absolute Gasteiger partial charge is 0.338 e. The van der Waals surface area contributed by atoms with Gasteiger partial charge >= 0.3 is 5.97 Å². The van der Waals surface area contributed by atoms with Crippen LogP contribution in [0.5, 0.6) is 0 Å². The summed E-state index contributed by atoms with van der Waals surface area (Å²) in [6.07, 6.45) is 1.82. The summed E-state index contributed by atoms with van der Waals surface area (Å²) in [5, 5.41) is 0. The molecule has 0 amide bonds. The summed E-state index contributed by atoms with van der Waals surface area (Å²) < 4.78 is 30.3. The molecule has 1 aromatic carbocycles. The molecule has 23 heavy (non-hydrogen) atoms. The predicted octanol–water partition coefficient (Wildman–Crippen LogP) is 1.54. The van der Waals surface area contributed by atoms with Crippen molar-refractivity contribution < 1.29 is 27.6 Å². The third kappa shape index (κ3) is 3.95. The quantitative estimate of drug-likeness (QED) is 0.596. The Kier molecular flexibility index (Phi) is 5.51. The minimum atomic E-state index is -3.85. The summed E-state index contributed by atoms with van der Waals surface area (Å²) in [6, 6.07) is 5.45. The van der Waals surface area contributed by atoms with Crippen LogP contribution in [0, 0.1) is 0 Å². The molecule has 0 bridgehead atoms. The van der Waals surface area contributed by atoms with E-state index in [1.54, 1.807) is 0 Å². The Morgan fingerprint density at radius 1 is 1.30 bits per heavy atom. The molecule has 0 spiro atoms. The zero-order chi connectivity index (χ0) is 17.0. The van der Waals surface area contributed by atoms with Crippen LogP contribution in [-0.4, -0.2) is 44.9 Å². The van der Waals surface area contributed by atoms with E-state index < -0.39 is 22.1 Å². The number of rotatable bonds is 5. The fourth-order valence-corrected chi connectivity index (χ4v) is 3.32. The highest BCUT2D eigenvalue weighted by Crippen LogP contribution is 2.20. The maximum absolute atomic E-state index is 12.2. The first-order valence-electron chi connectivity index (χ1n) is 7.23. The minimum absolute atomic E-state index is 0.0777. The normalized spacial score (nSPS) is 18.9. The van der Waals surface area contributed by atoms with Crippen molar-refractivity contribution in [3.63, 3.8) is 0 Å². The number of esters is 1. The van der Waals surface area contributed by atoms with Crippen LogP contribution in [0.1, 0.15) is 36.0 Å². The highest BCUT2D eigenvalue weighted by Gasteiger charge is 2.27. The van der Waals surface area contributed by atoms with E-state index in [-0.39, 0.29) is 16.2 Å². The Balaban J connectivity index is 2.19. The molecule has 0 radical (unpaired) electrons. The summed E-state index contributed by atoms with van der Waals surface area (Å²) in [7, 11) is -1.37. The zero-order valence-corrected chi connectivity index (χ0v) is 13.8. The zero-order valence-electron chi connectivity index (χ0n) is 13.0. The average Bonchev–Trinajstić information content (AvgIpc) is 2.56. The van der Waals surface area contributed by atoms with Gasteiger partial charge in [0.05, 0.1) is 17.6 Å². The van der Waals surface area contributed by atoms with Crippen molar-refractivity contribution in [3.05, 3.63) is 29.8 Å². The monoisotopic (exact) mass is 341 g/mol. The van der Waals surface area contributed by atoms with Crippen LogP contribution in [0.25, 0.3) is 0 Å². The number of carbonyl (C=O) groups is 2. The van der Waals surface area contributed by atoms with E-state index in [2.05, 4.69) is 4.84 Å². The number of hydroxylamine groups is 1. The summed E-state index contributed by atoms with van der Waals surface area (Å²) in [4.78, 5) is 28.5. The van der Waals surface area contributed by atoms with Crippen molar-refractivity contribution in [1.82, 2.24) is 4.47 Å². The van der Waals surface area contributed by atoms with E-state index in [9.17, 15) is 18.0 Å². The number of benzene rings is 1. The van der Waals surface area contributed by atoms with Gasteiger partial charge in [-0.15, -0.1) is 0 Å². The van der Waals surface area contributed by atoms with Crippen LogP contribution in [0.2, 0.25) is 0 Å². The molecule has 8 heteroatoms. The predicted molar refractivity (Wildman–Crippen MR) is 81.1 cm³/mol. The Bertz CT molecular complexity index is 700. The summed E-state index contributed by atoms with van der Waals surface area (Å²) in [5.74, 6) is -0.796. The van der Waals surface area contributed by atoms with Crippen LogP contribution in [-0.2, 0) is 24.4 Å². The summed E-state index contributed by atoms with van der Waals surface area (Å²) >= 11 is 0. The van der Waals surface area contributed by atoms with Gasteiger partial charge in [0.1, 0.15) is 0 Å². The van der Waals surface area contributed by atoms with Crippen molar-refractivity contribution in [2.45, 2.75) is 36.7 Å². The lowest BCUT2D eigenvalue weighted by Gasteiger charge is -2.20. The molecule has 1 fully saturated rings. The Hall–Kier alpha value is -1.77. The first-order chi connectivity index (χ1) is 10.9. The molecule has 1 aromatic rings. The minimum Gasteiger partial charge on any atom is -0.451 e. The molecular weight excluding hydrogens is 322 g/mol. The van der Waals surface area contributed by atoms with Gasteiger partial charge in [-0.1, -0.05) is 10.5 Å². The molecule has 0 saturated heterocycles. The van der Waals surface area contributed by atoms with E-state index in [0.29, 0.717) is 17.3 Å². The second-order valence-electron chi connectivity index (χ2n) is 5.23. The van der Waals surface area contributed by atoms with Gasteiger partial charge in [-0.3, -0.25) is 9.63 Å². The molecule has 1 aliphatic rings. The lowest BCUT2D eigenvalue weighted by Crippen LogP contribution is -2.30. The molecule has 1 saturated carbocycles. The Labute approximate surface area is 135 Å². The van der Waals surface area contributed by atoms with Gasteiger partial charge in [0.15, 0.2) is 11.9 Å². The third-order valence-electron chi connectivity index (χ3n) is 3.71. The van der Waals surface area contributed by atoms with Crippen LogP contribution in [0.3, 0.4) is 0 Å². The number of ketones is 1. The third-order valence-corrected chi connectivity index (χ3v) is 5.39. The fourth-order valence-electron chi connectivity index (χ4n) is 2.30. The summed E-state index contributed by atoms with van der Waals surface area (Å²) in [5.41, 5.74) is 0.0777. The molecule has 1 atom stereocenters. The number of hydrogen-bond acceptors (Lipinski definition) is 6. The van der Waals surface area contributed by atoms with Gasteiger partial charge < -0.3 is 4.74 Å². The van der Waals surface area contributed by atoms with Crippen molar-refractivity contribution >= 4 is 21.8 Å². The standard InChI is InChI=1S/C15H19NO6S/c1-16(21-2)23(19,20)12-7-5-6-11(10-12)15(18)22-14-9-4-3-8-13(14)17/h5-7,10,14H,3-4,8-9H2,1-2H3/t14-/m0/s1. The van der Waals surface area contributed by atoms with Crippen molar-refractivity contribution in [2.24, 2.45) is 0 Å². The first kappa shape index (κ1) is 17.6. The van der Waals surface area contributed by atoms with Gasteiger partial charge in [-0.05, 0) is 37.5 Å². The van der Waals surface area contributed by atoms with E-state index in [4.69, 9.17) is 4.74 Å². The lowest BCUT2D eigenvalue weighted by atomic mass is 9.96. The highest BCUT2D eigenvalue weighted by molar-refractivity contribution is 7.89. The van der Waals surface area contributed by atoms with Crippen molar-refractivity contribution in [2.75, 3.05) is 14.2 Å². The molecular formula is C15H19NO6S. The molecule has 0 heterocycles. The number of carbonyl (C=O) groups excluding carboxylic acids is 2. The second kappa shape index (κ2) is 7.20. The number of sulfonamides is 1. The maximum atomic E-state index is 12.2. The molecule has 126 valence electrons. The molecule has 7 nitrogen and oxygen atoms in total. The molecule has 0 aromatic heterocycles. The van der Waals surface area contributed by atoms with Gasteiger partial charge in [0.25, 0.3) is 10.0 Å². The van der Waals surface area contributed by atoms with Gasteiger partial charge in [-0.2, -0.15) is 0 Å². The highest BCUT2D eigenvalue weighted by atomic mass is 32.2. The van der Waals surface area contributed by atoms with Gasteiger partial charge in [-0.25, -0.2) is 13.2 Å². The maximum Gasteiger partial charge on any atom is 0.338 e. The first-order valence-corrected chi connectivity index (χ1v) is 8.67. The van der Waals surface area contributed by atoms with Gasteiger partial charge in [0.2, 0.25) is 0 Å². The van der Waals surface area contributed by atoms with E-state index in [0.717, 1.165) is 12.8 Å². The van der Waals surface area contributed by atoms with Crippen LogP contribution >= 0.6 is 0 Å². The van der Waals surface area contributed by atoms with E-state index in [1.165, 1.54) is 38.4 Å². The van der Waals surface area contributed by atoms with Crippen molar-refractivity contribution in [1.29, 1.82) is 0 Å². The number of nitrogens with zero attached hydrogens (tertiary/aromatic N) is 1. The van der Waals surface area contributed by atoms with E-state index in [1.807, 2.05) is 0 Å². The molecule has 0 unspecified atom stereocenters. The number of ether oxygens (including phenoxy) is 1. The van der Waals surface area contributed by atoms with E-state index >= 15 is 0 Å².